The van der Waals surface area contributed by atoms with Gasteiger partial charge in [-0.3, -0.25) is 0 Å². The largest absolute Gasteiger partial charge is 1.00 e. The normalized spacial score (nSPS) is 9.20. The molecule has 1 N–H and O–H groups in total. The molecule has 0 bridgehead atoms. The summed E-state index contributed by atoms with van der Waals surface area (Å²) >= 11 is 0. The predicted molar refractivity (Wildman–Crippen MR) is 37.1 cm³/mol. The van der Waals surface area contributed by atoms with Crippen molar-refractivity contribution in [1.29, 1.82) is 0 Å². The molecule has 2 rings (SSSR count). The number of hydrogen-bond acceptors (Lipinski definition) is 0. The van der Waals surface area contributed by atoms with E-state index >= 15 is 0 Å². The Balaban J connectivity index is 0.000000500. The van der Waals surface area contributed by atoms with E-state index in [4.69, 9.17) is 0 Å². The minimum atomic E-state index is 0. The predicted octanol–water partition coefficient (Wildman–Crippen LogP) is -1.03. The van der Waals surface area contributed by atoms with Crippen molar-refractivity contribution in [2.24, 2.45) is 0 Å². The van der Waals surface area contributed by atoms with Gasteiger partial charge >= 0.3 is 18.9 Å². The second-order valence-corrected chi connectivity index (χ2v) is 1.98. The van der Waals surface area contributed by atoms with Crippen LogP contribution in [-0.4, -0.2) is 4.98 Å². The molecule has 44 valence electrons. The molecule has 0 aliphatic rings. The van der Waals surface area contributed by atoms with E-state index in [-0.39, 0.29) is 18.9 Å². The van der Waals surface area contributed by atoms with Crippen molar-refractivity contribution in [3.8, 4) is 0 Å². The van der Waals surface area contributed by atoms with Gasteiger partial charge in [-0.25, -0.2) is 0 Å². The number of fused-ring (bicyclic) bond motifs is 1. The van der Waals surface area contributed by atoms with Crippen LogP contribution in [0.3, 0.4) is 0 Å². The number of benzene rings is 1. The molecule has 0 aliphatic heterocycles. The number of nitrogens with one attached hydrogen (secondary N) is 1. The first-order valence-electron chi connectivity index (χ1n) is 2.90. The maximum Gasteiger partial charge on any atom is 1.00 e. The van der Waals surface area contributed by atoms with Crippen LogP contribution >= 0.6 is 0 Å². The summed E-state index contributed by atoms with van der Waals surface area (Å²) in [5.41, 5.74) is 1.15. The quantitative estimate of drug-likeness (QED) is 0.340. The summed E-state index contributed by atoms with van der Waals surface area (Å²) in [6.07, 6.45) is 1.82. The van der Waals surface area contributed by atoms with Crippen LogP contribution in [0.4, 0.5) is 0 Å². The Morgan fingerprint density at radius 2 is 2.00 bits per heavy atom. The fourth-order valence-electron chi connectivity index (χ4n) is 0.926. The van der Waals surface area contributed by atoms with Crippen LogP contribution in [-0.2, 0) is 0 Å². The molecule has 0 radical (unpaired) electrons. The van der Waals surface area contributed by atoms with E-state index in [0.717, 1.165) is 10.9 Å². The summed E-state index contributed by atoms with van der Waals surface area (Å²) in [5, 5.41) is 1.15. The van der Waals surface area contributed by atoms with Gasteiger partial charge in [-0.2, -0.15) is 17.5 Å². The zero-order valence-electron chi connectivity index (χ0n) is 5.89. The average molecular weight is 123 g/mol. The van der Waals surface area contributed by atoms with Crippen molar-refractivity contribution in [2.45, 2.75) is 0 Å². The molecule has 2 aromatic rings. The fourth-order valence-corrected chi connectivity index (χ4v) is 0.926. The first-order chi connectivity index (χ1) is 4.47. The van der Waals surface area contributed by atoms with E-state index < -0.39 is 0 Å². The molecule has 10 heavy (non-hydrogen) atoms. The van der Waals surface area contributed by atoms with Crippen LogP contribution in [0.25, 0.3) is 10.9 Å². The molecule has 0 fully saturated rings. The van der Waals surface area contributed by atoms with Gasteiger partial charge in [-0.1, -0.05) is 23.8 Å². The van der Waals surface area contributed by atoms with E-state index in [1.807, 2.05) is 30.5 Å². The third-order valence-corrected chi connectivity index (χ3v) is 1.38. The second-order valence-electron chi connectivity index (χ2n) is 1.98. The average Bonchev–Trinajstić information content (AvgIpc) is 2.33. The van der Waals surface area contributed by atoms with Crippen LogP contribution in [0.2, 0.25) is 0 Å². The summed E-state index contributed by atoms with van der Waals surface area (Å²) in [5.74, 6) is 0. The Hall–Kier alpha value is -0.643. The summed E-state index contributed by atoms with van der Waals surface area (Å²) in [7, 11) is 0. The van der Waals surface area contributed by atoms with Crippen molar-refractivity contribution in [2.75, 3.05) is 0 Å². The minimum Gasteiger partial charge on any atom is -0.424 e. The summed E-state index contributed by atoms with van der Waals surface area (Å²) in [6.45, 7) is 0. The van der Waals surface area contributed by atoms with Crippen LogP contribution in [0.15, 0.2) is 30.5 Å². The minimum absolute atomic E-state index is 0. The van der Waals surface area contributed by atoms with Gasteiger partial charge in [-0.15, -0.1) is 6.07 Å². The molecule has 0 amide bonds. The summed E-state index contributed by atoms with van der Waals surface area (Å²) in [6, 6.07) is 11.1. The number of aromatic amines is 1. The van der Waals surface area contributed by atoms with E-state index in [0.29, 0.717) is 0 Å². The van der Waals surface area contributed by atoms with Crippen LogP contribution in [0, 0.1) is 6.07 Å². The molecule has 0 unspecified atom stereocenters. The van der Waals surface area contributed by atoms with Crippen LogP contribution in [0.5, 0.6) is 0 Å². The van der Waals surface area contributed by atoms with E-state index in [1.54, 1.807) is 0 Å². The number of hydrogen-bond donors (Lipinski definition) is 1. The molecular formula is C8H6LiN. The maximum atomic E-state index is 3.06. The molecule has 2 heteroatoms. The van der Waals surface area contributed by atoms with Gasteiger partial charge in [-0.05, 0) is 0 Å². The van der Waals surface area contributed by atoms with Gasteiger partial charge in [0.25, 0.3) is 0 Å². The molecule has 1 heterocycles. The standard InChI is InChI=1S/C8H6N.Li/c1-2-4-8-7(3-1)5-6-9-8;/h1-4,6,9H;/q-1;+1. The first-order valence-corrected chi connectivity index (χ1v) is 2.90. The van der Waals surface area contributed by atoms with Crippen molar-refractivity contribution < 1.29 is 18.9 Å². The summed E-state index contributed by atoms with van der Waals surface area (Å²) < 4.78 is 0. The van der Waals surface area contributed by atoms with E-state index in [9.17, 15) is 0 Å². The number of H-pyrrole nitrogens is 1. The Morgan fingerprint density at radius 3 is 2.80 bits per heavy atom. The van der Waals surface area contributed by atoms with Crippen molar-refractivity contribution in [3.63, 3.8) is 0 Å². The van der Waals surface area contributed by atoms with Gasteiger partial charge < -0.3 is 4.98 Å². The van der Waals surface area contributed by atoms with Crippen molar-refractivity contribution in [3.05, 3.63) is 36.5 Å². The molecule has 0 spiro atoms. The maximum absolute atomic E-state index is 3.06. The molecule has 0 saturated heterocycles. The molecular weight excluding hydrogens is 117 g/mol. The molecule has 0 aliphatic carbocycles. The molecule has 1 aromatic carbocycles. The number of para-hydroxylation sites is 1. The van der Waals surface area contributed by atoms with Crippen molar-refractivity contribution >= 4 is 10.9 Å². The molecule has 1 aromatic heterocycles. The Morgan fingerprint density at radius 1 is 1.20 bits per heavy atom. The first kappa shape index (κ1) is 7.46. The van der Waals surface area contributed by atoms with Crippen LogP contribution < -0.4 is 18.9 Å². The van der Waals surface area contributed by atoms with Gasteiger partial charge in [0.1, 0.15) is 0 Å². The topological polar surface area (TPSA) is 15.8 Å². The third-order valence-electron chi connectivity index (χ3n) is 1.38. The Labute approximate surface area is 71.6 Å². The SMILES string of the molecule is [Li+].[c-]1c[nH]c2ccccc12. The van der Waals surface area contributed by atoms with Gasteiger partial charge in [0.15, 0.2) is 0 Å². The van der Waals surface area contributed by atoms with Crippen LogP contribution in [0.1, 0.15) is 0 Å². The van der Waals surface area contributed by atoms with Gasteiger partial charge in [0.05, 0.1) is 0 Å². The van der Waals surface area contributed by atoms with Gasteiger partial charge in [0, 0.05) is 0 Å². The zero-order valence-corrected chi connectivity index (χ0v) is 5.89. The third kappa shape index (κ3) is 1.11. The monoisotopic (exact) mass is 123 g/mol. The number of rotatable bonds is 0. The molecule has 1 nitrogen and oxygen atoms in total. The summed E-state index contributed by atoms with van der Waals surface area (Å²) in [4.78, 5) is 3.06. The van der Waals surface area contributed by atoms with E-state index in [1.165, 1.54) is 0 Å². The zero-order chi connectivity index (χ0) is 6.10. The van der Waals surface area contributed by atoms with Gasteiger partial charge in [0.2, 0.25) is 0 Å². The Bertz CT molecular complexity index is 283. The Kier molecular flexibility index (Phi) is 2.21. The van der Waals surface area contributed by atoms with Crippen molar-refractivity contribution in [1.82, 2.24) is 4.98 Å². The molecule has 0 atom stereocenters. The fraction of sp³-hybridized carbons (Fsp3) is 0. The van der Waals surface area contributed by atoms with E-state index in [2.05, 4.69) is 11.1 Å². The second kappa shape index (κ2) is 2.96. The smallest absolute Gasteiger partial charge is 0.424 e. The number of aromatic nitrogens is 1. The molecule has 0 saturated carbocycles.